The molecule has 6 heteroatoms. The fourth-order valence-corrected chi connectivity index (χ4v) is 3.07. The minimum atomic E-state index is -0.502. The van der Waals surface area contributed by atoms with Crippen LogP contribution in [0.3, 0.4) is 0 Å². The number of pyridine rings is 1. The zero-order valence-corrected chi connectivity index (χ0v) is 17.8. The molecular formula is C25H27N3O3. The highest BCUT2D eigenvalue weighted by molar-refractivity contribution is 5.98. The van der Waals surface area contributed by atoms with E-state index in [1.165, 1.54) is 0 Å². The minimum absolute atomic E-state index is 0.0494. The van der Waals surface area contributed by atoms with E-state index in [9.17, 15) is 9.59 Å². The molecule has 0 radical (unpaired) electrons. The van der Waals surface area contributed by atoms with E-state index in [0.29, 0.717) is 24.6 Å². The molecule has 0 unspecified atom stereocenters. The van der Waals surface area contributed by atoms with Crippen LogP contribution in [0.25, 0.3) is 0 Å². The van der Waals surface area contributed by atoms with E-state index in [1.54, 1.807) is 30.6 Å². The third-order valence-electron chi connectivity index (χ3n) is 4.62. The number of rotatable bonds is 9. The van der Waals surface area contributed by atoms with E-state index < -0.39 is 6.09 Å². The highest BCUT2D eigenvalue weighted by atomic mass is 16.5. The summed E-state index contributed by atoms with van der Waals surface area (Å²) in [7, 11) is 0. The van der Waals surface area contributed by atoms with E-state index in [-0.39, 0.29) is 12.4 Å². The molecule has 2 N–H and O–H groups in total. The molecular weight excluding hydrogens is 390 g/mol. The molecule has 0 aliphatic heterocycles. The van der Waals surface area contributed by atoms with E-state index in [1.807, 2.05) is 42.5 Å². The molecule has 1 heterocycles. The number of anilines is 1. The maximum Gasteiger partial charge on any atom is 0.407 e. The molecule has 6 nitrogen and oxygen atoms in total. The SMILES string of the molecule is CC(C)Nc1ccccc1CC(=O)c1ccc(CNC(=O)OCc2cccnc2)cc1. The van der Waals surface area contributed by atoms with E-state index in [4.69, 9.17) is 4.74 Å². The maximum atomic E-state index is 12.7. The van der Waals surface area contributed by atoms with Crippen molar-refractivity contribution in [2.45, 2.75) is 39.5 Å². The molecule has 160 valence electrons. The first-order valence-corrected chi connectivity index (χ1v) is 10.3. The minimum Gasteiger partial charge on any atom is -0.445 e. The van der Waals surface area contributed by atoms with Gasteiger partial charge in [-0.3, -0.25) is 9.78 Å². The van der Waals surface area contributed by atoms with Gasteiger partial charge in [-0.05, 0) is 37.1 Å². The number of carbonyl (C=O) groups is 2. The third-order valence-corrected chi connectivity index (χ3v) is 4.62. The van der Waals surface area contributed by atoms with Crippen LogP contribution in [-0.2, 0) is 24.3 Å². The van der Waals surface area contributed by atoms with Crippen LogP contribution in [0, 0.1) is 0 Å². The summed E-state index contributed by atoms with van der Waals surface area (Å²) in [4.78, 5) is 28.6. The zero-order chi connectivity index (χ0) is 22.1. The molecule has 0 atom stereocenters. The van der Waals surface area contributed by atoms with Crippen LogP contribution in [-0.4, -0.2) is 22.9 Å². The Bertz CT molecular complexity index is 1000. The molecule has 0 saturated carbocycles. The Hall–Kier alpha value is -3.67. The number of para-hydroxylation sites is 1. The van der Waals surface area contributed by atoms with Crippen LogP contribution in [0.2, 0.25) is 0 Å². The normalized spacial score (nSPS) is 10.5. The average Bonchev–Trinajstić information content (AvgIpc) is 2.78. The van der Waals surface area contributed by atoms with Gasteiger partial charge in [0, 0.05) is 48.2 Å². The standard InChI is InChI=1S/C25H27N3O3/c1-18(2)28-23-8-4-3-7-22(23)14-24(29)21-11-9-19(10-12-21)16-27-25(30)31-17-20-6-5-13-26-15-20/h3-13,15,18,28H,14,16-17H2,1-2H3,(H,27,30). The van der Waals surface area contributed by atoms with Crippen molar-refractivity contribution in [1.29, 1.82) is 0 Å². The van der Waals surface area contributed by atoms with Gasteiger partial charge in [0.05, 0.1) is 0 Å². The van der Waals surface area contributed by atoms with Crippen LogP contribution in [0.4, 0.5) is 10.5 Å². The lowest BCUT2D eigenvalue weighted by Gasteiger charge is -2.14. The highest BCUT2D eigenvalue weighted by Crippen LogP contribution is 2.19. The van der Waals surface area contributed by atoms with Crippen LogP contribution in [0.5, 0.6) is 0 Å². The first kappa shape index (κ1) is 22.0. The van der Waals surface area contributed by atoms with Gasteiger partial charge in [-0.1, -0.05) is 48.5 Å². The highest BCUT2D eigenvalue weighted by Gasteiger charge is 2.11. The smallest absolute Gasteiger partial charge is 0.407 e. The number of nitrogens with one attached hydrogen (secondary N) is 2. The van der Waals surface area contributed by atoms with Gasteiger partial charge in [0.2, 0.25) is 0 Å². The Balaban J connectivity index is 1.50. The molecule has 3 rings (SSSR count). The van der Waals surface area contributed by atoms with Crippen molar-refractivity contribution in [3.05, 3.63) is 95.3 Å². The number of carbonyl (C=O) groups excluding carboxylic acids is 2. The van der Waals surface area contributed by atoms with E-state index in [2.05, 4.69) is 29.5 Å². The average molecular weight is 418 g/mol. The van der Waals surface area contributed by atoms with E-state index >= 15 is 0 Å². The summed E-state index contributed by atoms with van der Waals surface area (Å²) in [5.74, 6) is 0.0494. The largest absolute Gasteiger partial charge is 0.445 e. The summed E-state index contributed by atoms with van der Waals surface area (Å²) >= 11 is 0. The number of aromatic nitrogens is 1. The Kier molecular flexibility index (Phi) is 7.76. The molecule has 0 aliphatic carbocycles. The van der Waals surface area contributed by atoms with Gasteiger partial charge in [-0.15, -0.1) is 0 Å². The van der Waals surface area contributed by atoms with Gasteiger partial charge in [0.25, 0.3) is 0 Å². The summed E-state index contributed by atoms with van der Waals surface area (Å²) in [6.45, 7) is 4.63. The molecule has 3 aromatic rings. The Labute approximate surface area is 182 Å². The van der Waals surface area contributed by atoms with Crippen molar-refractivity contribution in [2.75, 3.05) is 5.32 Å². The van der Waals surface area contributed by atoms with Gasteiger partial charge in [0.1, 0.15) is 6.61 Å². The third kappa shape index (κ3) is 6.96. The molecule has 1 aromatic heterocycles. The fourth-order valence-electron chi connectivity index (χ4n) is 3.07. The van der Waals surface area contributed by atoms with Crippen LogP contribution >= 0.6 is 0 Å². The van der Waals surface area contributed by atoms with E-state index in [0.717, 1.165) is 22.4 Å². The second-order valence-corrected chi connectivity index (χ2v) is 7.54. The number of ketones is 1. The zero-order valence-electron chi connectivity index (χ0n) is 17.8. The summed E-state index contributed by atoms with van der Waals surface area (Å²) in [6, 6.07) is 19.0. The summed E-state index contributed by atoms with van der Waals surface area (Å²) in [6.07, 6.45) is 3.14. The van der Waals surface area contributed by atoms with Crippen molar-refractivity contribution in [2.24, 2.45) is 0 Å². The first-order chi connectivity index (χ1) is 15.0. The Morgan fingerprint density at radius 1 is 0.968 bits per heavy atom. The Morgan fingerprint density at radius 3 is 2.45 bits per heavy atom. The van der Waals surface area contributed by atoms with Crippen LogP contribution in [0.1, 0.15) is 40.9 Å². The van der Waals surface area contributed by atoms with Crippen molar-refractivity contribution < 1.29 is 14.3 Å². The van der Waals surface area contributed by atoms with Gasteiger partial charge in [-0.25, -0.2) is 4.79 Å². The summed E-state index contributed by atoms with van der Waals surface area (Å²) in [5.41, 5.74) is 4.31. The predicted octanol–water partition coefficient (Wildman–Crippen LogP) is 4.75. The summed E-state index contributed by atoms with van der Waals surface area (Å²) in [5, 5.41) is 6.09. The number of hydrogen-bond donors (Lipinski definition) is 2. The second-order valence-electron chi connectivity index (χ2n) is 7.54. The molecule has 31 heavy (non-hydrogen) atoms. The summed E-state index contributed by atoms with van der Waals surface area (Å²) < 4.78 is 5.17. The molecule has 0 fully saturated rings. The molecule has 0 bridgehead atoms. The quantitative estimate of drug-likeness (QED) is 0.491. The molecule has 1 amide bonds. The topological polar surface area (TPSA) is 80.3 Å². The first-order valence-electron chi connectivity index (χ1n) is 10.3. The number of amides is 1. The van der Waals surface area contributed by atoms with Gasteiger partial charge in [-0.2, -0.15) is 0 Å². The lowest BCUT2D eigenvalue weighted by molar-refractivity contribution is 0.0993. The second kappa shape index (κ2) is 10.9. The number of alkyl carbamates (subject to hydrolysis) is 1. The van der Waals surface area contributed by atoms with Crippen molar-refractivity contribution in [3.63, 3.8) is 0 Å². The number of Topliss-reactive ketones (excluding diaryl/α,β-unsaturated/α-hetero) is 1. The predicted molar refractivity (Wildman–Crippen MR) is 121 cm³/mol. The van der Waals surface area contributed by atoms with Crippen LogP contribution < -0.4 is 10.6 Å². The monoisotopic (exact) mass is 417 g/mol. The maximum absolute atomic E-state index is 12.7. The number of ether oxygens (including phenoxy) is 1. The van der Waals surface area contributed by atoms with Crippen LogP contribution in [0.15, 0.2) is 73.1 Å². The lowest BCUT2D eigenvalue weighted by Crippen LogP contribution is -2.23. The van der Waals surface area contributed by atoms with Gasteiger partial charge < -0.3 is 15.4 Å². The number of benzene rings is 2. The molecule has 2 aromatic carbocycles. The van der Waals surface area contributed by atoms with Crippen molar-refractivity contribution >= 4 is 17.6 Å². The molecule has 0 saturated heterocycles. The van der Waals surface area contributed by atoms with Crippen molar-refractivity contribution in [1.82, 2.24) is 10.3 Å². The lowest BCUT2D eigenvalue weighted by atomic mass is 10.0. The fraction of sp³-hybridized carbons (Fsp3) is 0.240. The van der Waals surface area contributed by atoms with Gasteiger partial charge in [0.15, 0.2) is 5.78 Å². The molecule has 0 spiro atoms. The number of nitrogens with zero attached hydrogens (tertiary/aromatic N) is 1. The van der Waals surface area contributed by atoms with Crippen molar-refractivity contribution in [3.8, 4) is 0 Å². The number of hydrogen-bond acceptors (Lipinski definition) is 5. The van der Waals surface area contributed by atoms with Gasteiger partial charge >= 0.3 is 6.09 Å². The molecule has 0 aliphatic rings. The Morgan fingerprint density at radius 2 is 1.74 bits per heavy atom.